The second-order valence-corrected chi connectivity index (χ2v) is 5.49. The Morgan fingerprint density at radius 2 is 1.83 bits per heavy atom. The van der Waals surface area contributed by atoms with Crippen molar-refractivity contribution < 1.29 is 4.79 Å². The van der Waals surface area contributed by atoms with Crippen molar-refractivity contribution in [3.05, 3.63) is 0 Å². The van der Waals surface area contributed by atoms with Gasteiger partial charge in [0.1, 0.15) is 0 Å². The van der Waals surface area contributed by atoms with E-state index in [-0.39, 0.29) is 5.91 Å². The van der Waals surface area contributed by atoms with Crippen molar-refractivity contribution in [1.29, 1.82) is 0 Å². The van der Waals surface area contributed by atoms with Crippen molar-refractivity contribution in [2.24, 2.45) is 5.84 Å². The van der Waals surface area contributed by atoms with Crippen LogP contribution in [0.1, 0.15) is 38.5 Å². The number of amides is 1. The fourth-order valence-corrected chi connectivity index (χ4v) is 2.66. The maximum absolute atomic E-state index is 10.9. The number of piperazine rings is 1. The van der Waals surface area contributed by atoms with Gasteiger partial charge in [-0.2, -0.15) is 0 Å². The largest absolute Gasteiger partial charge is 0.301 e. The first-order chi connectivity index (χ1) is 8.79. The van der Waals surface area contributed by atoms with Crippen LogP contribution < -0.4 is 11.3 Å². The van der Waals surface area contributed by atoms with Crippen LogP contribution in [-0.2, 0) is 4.79 Å². The molecule has 2 rings (SSSR count). The van der Waals surface area contributed by atoms with Crippen molar-refractivity contribution in [1.82, 2.24) is 15.2 Å². The molecule has 2 aliphatic rings. The van der Waals surface area contributed by atoms with Crippen molar-refractivity contribution in [3.8, 4) is 0 Å². The molecule has 0 aromatic rings. The number of nitrogens with one attached hydrogen (secondary N) is 1. The summed E-state index contributed by atoms with van der Waals surface area (Å²) in [6.07, 6.45) is 6.67. The highest BCUT2D eigenvalue weighted by Crippen LogP contribution is 2.27. The quantitative estimate of drug-likeness (QED) is 0.297. The van der Waals surface area contributed by atoms with Gasteiger partial charge in [0.15, 0.2) is 0 Å². The minimum absolute atomic E-state index is 0.0481. The Labute approximate surface area is 110 Å². The molecule has 0 spiro atoms. The molecule has 0 aromatic carbocycles. The molecule has 104 valence electrons. The maximum Gasteiger partial charge on any atom is 0.233 e. The lowest BCUT2D eigenvalue weighted by Gasteiger charge is -2.34. The first-order valence-corrected chi connectivity index (χ1v) is 7.25. The van der Waals surface area contributed by atoms with E-state index in [1.807, 2.05) is 0 Å². The molecule has 1 aliphatic heterocycles. The number of hydrogen-bond acceptors (Lipinski definition) is 4. The summed E-state index contributed by atoms with van der Waals surface area (Å²) in [5, 5.41) is 0. The predicted molar refractivity (Wildman–Crippen MR) is 71.8 cm³/mol. The predicted octanol–water partition coefficient (Wildman–Crippen LogP) is 0.317. The molecule has 0 atom stereocenters. The van der Waals surface area contributed by atoms with Gasteiger partial charge in [-0.05, 0) is 32.2 Å². The van der Waals surface area contributed by atoms with E-state index in [1.54, 1.807) is 0 Å². The van der Waals surface area contributed by atoms with E-state index in [1.165, 1.54) is 52.0 Å². The highest BCUT2D eigenvalue weighted by molar-refractivity contribution is 5.74. The van der Waals surface area contributed by atoms with Crippen LogP contribution in [0.2, 0.25) is 0 Å². The van der Waals surface area contributed by atoms with Gasteiger partial charge in [0.2, 0.25) is 5.91 Å². The minimum atomic E-state index is -0.0481. The number of carbonyl (C=O) groups is 1. The van der Waals surface area contributed by atoms with Crippen LogP contribution in [0.4, 0.5) is 0 Å². The number of hydrazine groups is 1. The van der Waals surface area contributed by atoms with E-state index in [4.69, 9.17) is 5.84 Å². The molecule has 1 aliphatic carbocycles. The Kier molecular flexibility index (Phi) is 5.41. The molecule has 18 heavy (non-hydrogen) atoms. The molecule has 1 heterocycles. The molecule has 5 heteroatoms. The van der Waals surface area contributed by atoms with Crippen molar-refractivity contribution in [3.63, 3.8) is 0 Å². The summed E-state index contributed by atoms with van der Waals surface area (Å²) in [6.45, 7) is 6.13. The van der Waals surface area contributed by atoms with Gasteiger partial charge in [-0.3, -0.25) is 15.1 Å². The Bertz CT molecular complexity index is 260. The molecule has 0 unspecified atom stereocenters. The summed E-state index contributed by atoms with van der Waals surface area (Å²) in [7, 11) is 0. The van der Waals surface area contributed by atoms with Gasteiger partial charge < -0.3 is 4.90 Å². The van der Waals surface area contributed by atoms with Crippen molar-refractivity contribution in [2.45, 2.75) is 44.6 Å². The van der Waals surface area contributed by atoms with Crippen LogP contribution in [0.15, 0.2) is 0 Å². The summed E-state index contributed by atoms with van der Waals surface area (Å²) < 4.78 is 0. The van der Waals surface area contributed by atoms with Crippen LogP contribution in [0.3, 0.4) is 0 Å². The molecule has 5 nitrogen and oxygen atoms in total. The molecule has 0 radical (unpaired) electrons. The van der Waals surface area contributed by atoms with Gasteiger partial charge in [0.05, 0.1) is 0 Å². The van der Waals surface area contributed by atoms with Gasteiger partial charge in [-0.15, -0.1) is 0 Å². The minimum Gasteiger partial charge on any atom is -0.301 e. The fraction of sp³-hybridized carbons (Fsp3) is 0.923. The van der Waals surface area contributed by atoms with E-state index in [0.717, 1.165) is 18.9 Å². The Hall–Kier alpha value is -0.650. The number of rotatable bonds is 7. The molecule has 0 aromatic heterocycles. The highest BCUT2D eigenvalue weighted by atomic mass is 16.2. The number of nitrogens with two attached hydrogens (primary N) is 1. The normalized spacial score (nSPS) is 22.1. The molecule has 2 fully saturated rings. The Balaban J connectivity index is 1.46. The van der Waals surface area contributed by atoms with E-state index in [9.17, 15) is 4.79 Å². The third-order valence-electron chi connectivity index (χ3n) is 4.01. The lowest BCUT2D eigenvalue weighted by Crippen LogP contribution is -2.47. The van der Waals surface area contributed by atoms with Gasteiger partial charge in [0.25, 0.3) is 0 Å². The van der Waals surface area contributed by atoms with Crippen LogP contribution in [0, 0.1) is 0 Å². The molecule has 1 amide bonds. The third kappa shape index (κ3) is 4.55. The summed E-state index contributed by atoms with van der Waals surface area (Å²) in [5.41, 5.74) is 2.17. The van der Waals surface area contributed by atoms with Crippen LogP contribution >= 0.6 is 0 Å². The van der Waals surface area contributed by atoms with Gasteiger partial charge in [-0.1, -0.05) is 6.42 Å². The van der Waals surface area contributed by atoms with Crippen molar-refractivity contribution in [2.75, 3.05) is 32.7 Å². The Morgan fingerprint density at radius 1 is 1.11 bits per heavy atom. The van der Waals surface area contributed by atoms with E-state index < -0.39 is 0 Å². The molecule has 3 N–H and O–H groups in total. The monoisotopic (exact) mass is 254 g/mol. The van der Waals surface area contributed by atoms with Crippen LogP contribution in [-0.4, -0.2) is 54.5 Å². The first-order valence-electron chi connectivity index (χ1n) is 7.25. The zero-order valence-corrected chi connectivity index (χ0v) is 11.2. The molecule has 1 saturated heterocycles. The smallest absolute Gasteiger partial charge is 0.233 e. The average molecular weight is 254 g/mol. The van der Waals surface area contributed by atoms with Crippen LogP contribution in [0.25, 0.3) is 0 Å². The second-order valence-electron chi connectivity index (χ2n) is 5.49. The van der Waals surface area contributed by atoms with E-state index >= 15 is 0 Å². The lowest BCUT2D eigenvalue weighted by molar-refractivity contribution is -0.121. The SMILES string of the molecule is NNC(=O)CCCCCN1CCN(C2CC2)CC1. The molecular formula is C13H26N4O. The average Bonchev–Trinajstić information content (AvgIpc) is 3.23. The summed E-state index contributed by atoms with van der Waals surface area (Å²) in [5.74, 6) is 4.99. The Morgan fingerprint density at radius 3 is 2.44 bits per heavy atom. The highest BCUT2D eigenvalue weighted by Gasteiger charge is 2.30. The number of carbonyl (C=O) groups excluding carboxylic acids is 1. The lowest BCUT2D eigenvalue weighted by atomic mass is 10.1. The van der Waals surface area contributed by atoms with Gasteiger partial charge in [0, 0.05) is 38.6 Å². The van der Waals surface area contributed by atoms with Gasteiger partial charge >= 0.3 is 0 Å². The zero-order chi connectivity index (χ0) is 12.8. The summed E-state index contributed by atoms with van der Waals surface area (Å²) in [4.78, 5) is 16.1. The second kappa shape index (κ2) is 7.07. The number of hydrogen-bond donors (Lipinski definition) is 2. The molecule has 1 saturated carbocycles. The zero-order valence-electron chi connectivity index (χ0n) is 11.2. The summed E-state index contributed by atoms with van der Waals surface area (Å²) in [6, 6.07) is 0.918. The van der Waals surface area contributed by atoms with Crippen molar-refractivity contribution >= 4 is 5.91 Å². The molecule has 0 bridgehead atoms. The number of unbranched alkanes of at least 4 members (excludes halogenated alkanes) is 2. The first kappa shape index (κ1) is 13.8. The third-order valence-corrected chi connectivity index (χ3v) is 4.01. The molecular weight excluding hydrogens is 228 g/mol. The van der Waals surface area contributed by atoms with Crippen LogP contribution in [0.5, 0.6) is 0 Å². The van der Waals surface area contributed by atoms with E-state index in [0.29, 0.717) is 6.42 Å². The fourth-order valence-electron chi connectivity index (χ4n) is 2.66. The number of nitrogens with zero attached hydrogens (tertiary/aromatic N) is 2. The summed E-state index contributed by atoms with van der Waals surface area (Å²) >= 11 is 0. The van der Waals surface area contributed by atoms with E-state index in [2.05, 4.69) is 15.2 Å². The van der Waals surface area contributed by atoms with Gasteiger partial charge in [-0.25, -0.2) is 5.84 Å². The topological polar surface area (TPSA) is 61.6 Å². The maximum atomic E-state index is 10.9. The standard InChI is InChI=1S/C13H26N4O/c14-15-13(18)4-2-1-3-7-16-8-10-17(11-9-16)12-5-6-12/h12H,1-11,14H2,(H,15,18).